The van der Waals surface area contributed by atoms with Gasteiger partial charge in [-0.05, 0) is 49.8 Å². The van der Waals surface area contributed by atoms with Crippen molar-refractivity contribution in [1.82, 2.24) is 9.55 Å². The van der Waals surface area contributed by atoms with E-state index in [1.54, 1.807) is 0 Å². The highest BCUT2D eigenvalue weighted by Crippen LogP contribution is 2.25. The highest BCUT2D eigenvalue weighted by Gasteiger charge is 2.17. The standard InChI is InChI=1S/C15H19N3/c1-11-6-7-12(9-16)15(8-11)18-10-17-13-4-2-3-5-14(13)18/h6-8,10H,2-5,9,16H2,1H3. The average Bonchev–Trinajstić information content (AvgIpc) is 2.82. The number of rotatable bonds is 2. The summed E-state index contributed by atoms with van der Waals surface area (Å²) < 4.78 is 2.24. The quantitative estimate of drug-likeness (QED) is 0.878. The van der Waals surface area contributed by atoms with Gasteiger partial charge in [0.2, 0.25) is 0 Å². The fourth-order valence-corrected chi connectivity index (χ4v) is 2.75. The van der Waals surface area contributed by atoms with Crippen LogP contribution >= 0.6 is 0 Å². The molecule has 0 atom stereocenters. The van der Waals surface area contributed by atoms with Crippen LogP contribution in [0.3, 0.4) is 0 Å². The van der Waals surface area contributed by atoms with Crippen molar-refractivity contribution < 1.29 is 0 Å². The van der Waals surface area contributed by atoms with E-state index in [1.165, 1.54) is 41.0 Å². The molecule has 3 heteroatoms. The van der Waals surface area contributed by atoms with Crippen molar-refractivity contribution in [3.63, 3.8) is 0 Å². The van der Waals surface area contributed by atoms with E-state index in [2.05, 4.69) is 34.7 Å². The van der Waals surface area contributed by atoms with Gasteiger partial charge in [-0.15, -0.1) is 0 Å². The largest absolute Gasteiger partial charge is 0.326 e. The molecule has 3 rings (SSSR count). The molecule has 0 bridgehead atoms. The first-order valence-electron chi connectivity index (χ1n) is 6.64. The van der Waals surface area contributed by atoms with Crippen LogP contribution in [0.4, 0.5) is 0 Å². The summed E-state index contributed by atoms with van der Waals surface area (Å²) >= 11 is 0. The van der Waals surface area contributed by atoms with Crippen molar-refractivity contribution in [3.05, 3.63) is 47.0 Å². The van der Waals surface area contributed by atoms with Gasteiger partial charge in [-0.2, -0.15) is 0 Å². The molecule has 2 aromatic rings. The lowest BCUT2D eigenvalue weighted by Crippen LogP contribution is -2.10. The lowest BCUT2D eigenvalue weighted by atomic mass is 10.0. The maximum absolute atomic E-state index is 5.85. The average molecular weight is 241 g/mol. The van der Waals surface area contributed by atoms with E-state index in [1.807, 2.05) is 6.33 Å². The smallest absolute Gasteiger partial charge is 0.0997 e. The van der Waals surface area contributed by atoms with E-state index in [9.17, 15) is 0 Å². The second-order valence-electron chi connectivity index (χ2n) is 5.05. The van der Waals surface area contributed by atoms with Crippen LogP contribution in [-0.4, -0.2) is 9.55 Å². The Labute approximate surface area is 108 Å². The summed E-state index contributed by atoms with van der Waals surface area (Å²) in [6.45, 7) is 2.69. The van der Waals surface area contributed by atoms with Crippen LogP contribution in [0.5, 0.6) is 0 Å². The maximum atomic E-state index is 5.85. The molecule has 2 N–H and O–H groups in total. The van der Waals surface area contributed by atoms with E-state index in [4.69, 9.17) is 5.73 Å². The third-order valence-electron chi connectivity index (χ3n) is 3.75. The van der Waals surface area contributed by atoms with Crippen LogP contribution in [0.25, 0.3) is 5.69 Å². The fourth-order valence-electron chi connectivity index (χ4n) is 2.75. The summed E-state index contributed by atoms with van der Waals surface area (Å²) in [5, 5.41) is 0. The van der Waals surface area contributed by atoms with Crippen molar-refractivity contribution in [2.45, 2.75) is 39.2 Å². The SMILES string of the molecule is Cc1ccc(CN)c(-n2cnc3c2CCCC3)c1. The van der Waals surface area contributed by atoms with Crippen LogP contribution in [0.1, 0.15) is 35.4 Å². The Balaban J connectivity index is 2.14. The van der Waals surface area contributed by atoms with Gasteiger partial charge in [0.25, 0.3) is 0 Å². The van der Waals surface area contributed by atoms with E-state index in [0.29, 0.717) is 6.54 Å². The number of nitrogens with zero attached hydrogens (tertiary/aromatic N) is 2. The molecule has 94 valence electrons. The minimum absolute atomic E-state index is 0.572. The summed E-state index contributed by atoms with van der Waals surface area (Å²) in [5.74, 6) is 0. The zero-order valence-corrected chi connectivity index (χ0v) is 10.8. The fraction of sp³-hybridized carbons (Fsp3) is 0.400. The molecule has 1 aliphatic carbocycles. The Morgan fingerprint density at radius 3 is 2.94 bits per heavy atom. The maximum Gasteiger partial charge on any atom is 0.0997 e. The first-order valence-corrected chi connectivity index (χ1v) is 6.64. The lowest BCUT2D eigenvalue weighted by molar-refractivity contribution is 0.655. The van der Waals surface area contributed by atoms with E-state index >= 15 is 0 Å². The van der Waals surface area contributed by atoms with Crippen LogP contribution in [0, 0.1) is 6.92 Å². The second-order valence-corrected chi connectivity index (χ2v) is 5.05. The molecule has 0 amide bonds. The van der Waals surface area contributed by atoms with Crippen molar-refractivity contribution in [3.8, 4) is 5.69 Å². The highest BCUT2D eigenvalue weighted by molar-refractivity contribution is 5.46. The molecule has 3 nitrogen and oxygen atoms in total. The molecule has 1 aromatic carbocycles. The second kappa shape index (κ2) is 4.58. The molecule has 0 radical (unpaired) electrons. The predicted molar refractivity (Wildman–Crippen MR) is 72.8 cm³/mol. The Morgan fingerprint density at radius 1 is 1.28 bits per heavy atom. The number of hydrogen-bond acceptors (Lipinski definition) is 2. The minimum Gasteiger partial charge on any atom is -0.326 e. The van der Waals surface area contributed by atoms with Gasteiger partial charge in [0, 0.05) is 12.2 Å². The Bertz CT molecular complexity index is 569. The molecule has 1 heterocycles. The lowest BCUT2D eigenvalue weighted by Gasteiger charge is -2.16. The number of aryl methyl sites for hydroxylation is 2. The molecule has 0 saturated carbocycles. The number of aromatic nitrogens is 2. The third kappa shape index (κ3) is 1.85. The normalized spacial score (nSPS) is 14.6. The van der Waals surface area contributed by atoms with Crippen molar-refractivity contribution >= 4 is 0 Å². The predicted octanol–water partition coefficient (Wildman–Crippen LogP) is 2.52. The van der Waals surface area contributed by atoms with Crippen LogP contribution < -0.4 is 5.73 Å². The summed E-state index contributed by atoms with van der Waals surface area (Å²) in [5.41, 5.74) is 12.1. The Morgan fingerprint density at radius 2 is 2.11 bits per heavy atom. The molecule has 0 saturated heterocycles. The highest BCUT2D eigenvalue weighted by atomic mass is 15.1. The zero-order valence-electron chi connectivity index (χ0n) is 10.8. The van der Waals surface area contributed by atoms with E-state index in [-0.39, 0.29) is 0 Å². The topological polar surface area (TPSA) is 43.8 Å². The number of nitrogens with two attached hydrogens (primary N) is 1. The Hall–Kier alpha value is -1.61. The van der Waals surface area contributed by atoms with E-state index in [0.717, 1.165) is 12.8 Å². The van der Waals surface area contributed by atoms with Crippen LogP contribution in [-0.2, 0) is 19.4 Å². The molecular weight excluding hydrogens is 222 g/mol. The van der Waals surface area contributed by atoms with Crippen LogP contribution in [0.2, 0.25) is 0 Å². The van der Waals surface area contributed by atoms with Crippen molar-refractivity contribution in [1.29, 1.82) is 0 Å². The van der Waals surface area contributed by atoms with Gasteiger partial charge in [0.1, 0.15) is 0 Å². The van der Waals surface area contributed by atoms with Crippen molar-refractivity contribution in [2.24, 2.45) is 5.73 Å². The summed E-state index contributed by atoms with van der Waals surface area (Å²) in [4.78, 5) is 4.56. The molecule has 0 fully saturated rings. The monoisotopic (exact) mass is 241 g/mol. The summed E-state index contributed by atoms with van der Waals surface area (Å²) in [6, 6.07) is 6.45. The van der Waals surface area contributed by atoms with Gasteiger partial charge in [0.05, 0.1) is 17.7 Å². The Kier molecular flexibility index (Phi) is 2.92. The van der Waals surface area contributed by atoms with Gasteiger partial charge in [-0.3, -0.25) is 0 Å². The number of benzene rings is 1. The van der Waals surface area contributed by atoms with Gasteiger partial charge in [0.15, 0.2) is 0 Å². The molecule has 0 spiro atoms. The minimum atomic E-state index is 0.572. The van der Waals surface area contributed by atoms with Gasteiger partial charge in [-0.1, -0.05) is 12.1 Å². The molecule has 0 unspecified atom stereocenters. The van der Waals surface area contributed by atoms with Gasteiger partial charge >= 0.3 is 0 Å². The number of fused-ring (bicyclic) bond motifs is 1. The molecule has 0 aliphatic heterocycles. The van der Waals surface area contributed by atoms with E-state index < -0.39 is 0 Å². The zero-order chi connectivity index (χ0) is 12.5. The molecular formula is C15H19N3. The molecule has 1 aromatic heterocycles. The number of hydrogen-bond donors (Lipinski definition) is 1. The van der Waals surface area contributed by atoms with Crippen molar-refractivity contribution in [2.75, 3.05) is 0 Å². The third-order valence-corrected chi connectivity index (χ3v) is 3.75. The summed E-state index contributed by atoms with van der Waals surface area (Å²) in [6.07, 6.45) is 6.74. The number of imidazole rings is 1. The summed E-state index contributed by atoms with van der Waals surface area (Å²) in [7, 11) is 0. The van der Waals surface area contributed by atoms with Gasteiger partial charge in [-0.25, -0.2) is 4.98 Å². The first kappa shape index (κ1) is 11.5. The first-order chi connectivity index (χ1) is 8.79. The van der Waals surface area contributed by atoms with Crippen LogP contribution in [0.15, 0.2) is 24.5 Å². The van der Waals surface area contributed by atoms with Gasteiger partial charge < -0.3 is 10.3 Å². The molecule has 1 aliphatic rings. The molecule has 18 heavy (non-hydrogen) atoms.